The van der Waals surface area contributed by atoms with Gasteiger partial charge in [-0.05, 0) is 30.9 Å². The predicted molar refractivity (Wildman–Crippen MR) is 92.9 cm³/mol. The summed E-state index contributed by atoms with van der Waals surface area (Å²) in [5.74, 6) is -1.81. The SMILES string of the molecule is C=CCN(Cc1cc(C(=O)NCC2CC2)no1)C(=O)c1cc(F)cc(F)c1. The van der Waals surface area contributed by atoms with Crippen molar-refractivity contribution in [1.29, 1.82) is 0 Å². The Labute approximate surface area is 154 Å². The predicted octanol–water partition coefficient (Wildman–Crippen LogP) is 2.92. The average Bonchev–Trinajstić information content (AvgIpc) is 3.34. The first-order valence-electron chi connectivity index (χ1n) is 8.56. The van der Waals surface area contributed by atoms with Crippen LogP contribution in [-0.4, -0.2) is 35.0 Å². The van der Waals surface area contributed by atoms with Gasteiger partial charge in [0.15, 0.2) is 11.5 Å². The molecule has 6 nitrogen and oxygen atoms in total. The summed E-state index contributed by atoms with van der Waals surface area (Å²) in [6.45, 7) is 4.29. The van der Waals surface area contributed by atoms with Gasteiger partial charge >= 0.3 is 0 Å². The summed E-state index contributed by atoms with van der Waals surface area (Å²) < 4.78 is 31.9. The van der Waals surface area contributed by atoms with Crippen molar-refractivity contribution in [3.8, 4) is 0 Å². The van der Waals surface area contributed by atoms with E-state index in [9.17, 15) is 18.4 Å². The Bertz CT molecular complexity index is 841. The van der Waals surface area contributed by atoms with E-state index >= 15 is 0 Å². The molecule has 0 bridgehead atoms. The fourth-order valence-electron chi connectivity index (χ4n) is 2.57. The molecule has 1 fully saturated rings. The highest BCUT2D eigenvalue weighted by Crippen LogP contribution is 2.27. The van der Waals surface area contributed by atoms with Crippen molar-refractivity contribution >= 4 is 11.8 Å². The first-order valence-corrected chi connectivity index (χ1v) is 8.56. The summed E-state index contributed by atoms with van der Waals surface area (Å²) in [6, 6.07) is 4.05. The molecule has 1 aliphatic carbocycles. The third-order valence-corrected chi connectivity index (χ3v) is 4.13. The van der Waals surface area contributed by atoms with E-state index in [1.165, 1.54) is 17.0 Å². The molecular formula is C19H19F2N3O3. The monoisotopic (exact) mass is 375 g/mol. The van der Waals surface area contributed by atoms with E-state index in [4.69, 9.17) is 4.52 Å². The number of hydrogen-bond acceptors (Lipinski definition) is 4. The number of nitrogens with zero attached hydrogens (tertiary/aromatic N) is 2. The van der Waals surface area contributed by atoms with Crippen molar-refractivity contribution in [2.75, 3.05) is 13.1 Å². The second-order valence-electron chi connectivity index (χ2n) is 6.46. The van der Waals surface area contributed by atoms with E-state index in [1.807, 2.05) is 0 Å². The highest BCUT2D eigenvalue weighted by atomic mass is 19.1. The van der Waals surface area contributed by atoms with Crippen molar-refractivity contribution in [2.45, 2.75) is 19.4 Å². The summed E-state index contributed by atoms with van der Waals surface area (Å²) in [6.07, 6.45) is 3.71. The lowest BCUT2D eigenvalue weighted by Crippen LogP contribution is -2.30. The highest BCUT2D eigenvalue weighted by molar-refractivity contribution is 5.94. The molecule has 1 aliphatic rings. The summed E-state index contributed by atoms with van der Waals surface area (Å²) >= 11 is 0. The Morgan fingerprint density at radius 3 is 2.59 bits per heavy atom. The molecule has 1 aromatic carbocycles. The van der Waals surface area contributed by atoms with Crippen LogP contribution in [0.2, 0.25) is 0 Å². The Balaban J connectivity index is 1.69. The third-order valence-electron chi connectivity index (χ3n) is 4.13. The molecule has 0 aliphatic heterocycles. The zero-order valence-electron chi connectivity index (χ0n) is 14.6. The lowest BCUT2D eigenvalue weighted by Gasteiger charge is -2.19. The van der Waals surface area contributed by atoms with Crippen molar-refractivity contribution in [2.24, 2.45) is 5.92 Å². The van der Waals surface area contributed by atoms with E-state index in [0.717, 1.165) is 25.0 Å². The Hall–Kier alpha value is -3.03. The van der Waals surface area contributed by atoms with Crippen molar-refractivity contribution < 1.29 is 22.9 Å². The van der Waals surface area contributed by atoms with Gasteiger partial charge in [0, 0.05) is 30.8 Å². The van der Waals surface area contributed by atoms with E-state index in [2.05, 4.69) is 17.1 Å². The summed E-state index contributed by atoms with van der Waals surface area (Å²) in [5.41, 5.74) is -0.00952. The molecule has 2 aromatic rings. The summed E-state index contributed by atoms with van der Waals surface area (Å²) in [7, 11) is 0. The smallest absolute Gasteiger partial charge is 0.273 e. The maximum absolute atomic E-state index is 13.4. The van der Waals surface area contributed by atoms with Crippen LogP contribution in [0, 0.1) is 17.6 Å². The molecule has 27 heavy (non-hydrogen) atoms. The number of hydrogen-bond donors (Lipinski definition) is 1. The number of benzene rings is 1. The van der Waals surface area contributed by atoms with Gasteiger partial charge in [-0.15, -0.1) is 6.58 Å². The lowest BCUT2D eigenvalue weighted by atomic mass is 10.1. The van der Waals surface area contributed by atoms with E-state index in [0.29, 0.717) is 18.5 Å². The zero-order chi connectivity index (χ0) is 19.4. The number of halogens is 2. The van der Waals surface area contributed by atoms with Gasteiger partial charge in [-0.3, -0.25) is 9.59 Å². The fourth-order valence-corrected chi connectivity index (χ4v) is 2.57. The van der Waals surface area contributed by atoms with E-state index in [-0.39, 0.29) is 36.0 Å². The number of nitrogens with one attached hydrogen (secondary N) is 1. The molecule has 2 amide bonds. The Morgan fingerprint density at radius 2 is 1.96 bits per heavy atom. The Kier molecular flexibility index (Phi) is 5.63. The highest BCUT2D eigenvalue weighted by Gasteiger charge is 2.23. The molecule has 8 heteroatoms. The van der Waals surface area contributed by atoms with Crippen molar-refractivity contribution in [1.82, 2.24) is 15.4 Å². The van der Waals surface area contributed by atoms with Gasteiger partial charge < -0.3 is 14.7 Å². The second kappa shape index (κ2) is 8.11. The largest absolute Gasteiger partial charge is 0.359 e. The van der Waals surface area contributed by atoms with Crippen LogP contribution in [0.3, 0.4) is 0 Å². The minimum Gasteiger partial charge on any atom is -0.359 e. The van der Waals surface area contributed by atoms with Crippen LogP contribution < -0.4 is 5.32 Å². The van der Waals surface area contributed by atoms with Crippen LogP contribution in [-0.2, 0) is 6.54 Å². The van der Waals surface area contributed by atoms with Crippen LogP contribution in [0.15, 0.2) is 41.4 Å². The quantitative estimate of drug-likeness (QED) is 0.720. The van der Waals surface area contributed by atoms with Crippen molar-refractivity contribution in [3.63, 3.8) is 0 Å². The van der Waals surface area contributed by atoms with E-state index in [1.54, 1.807) is 0 Å². The van der Waals surface area contributed by atoms with Gasteiger partial charge in [-0.1, -0.05) is 11.2 Å². The summed E-state index contributed by atoms with van der Waals surface area (Å²) in [4.78, 5) is 25.9. The molecule has 0 spiro atoms. The number of rotatable bonds is 8. The second-order valence-corrected chi connectivity index (χ2v) is 6.46. The topological polar surface area (TPSA) is 75.4 Å². The summed E-state index contributed by atoms with van der Waals surface area (Å²) in [5, 5.41) is 6.49. The van der Waals surface area contributed by atoms with Gasteiger partial charge in [0.1, 0.15) is 11.6 Å². The van der Waals surface area contributed by atoms with Gasteiger partial charge in [0.25, 0.3) is 11.8 Å². The number of carbonyl (C=O) groups is 2. The molecule has 0 unspecified atom stereocenters. The van der Waals surface area contributed by atoms with Gasteiger partial charge in [-0.25, -0.2) is 8.78 Å². The zero-order valence-corrected chi connectivity index (χ0v) is 14.6. The molecule has 1 aromatic heterocycles. The van der Waals surface area contributed by atoms with Crippen molar-refractivity contribution in [3.05, 3.63) is 65.6 Å². The molecule has 1 saturated carbocycles. The number of carbonyl (C=O) groups excluding carboxylic acids is 2. The van der Waals surface area contributed by atoms with Gasteiger partial charge in [-0.2, -0.15) is 0 Å². The first-order chi connectivity index (χ1) is 13.0. The molecule has 3 rings (SSSR count). The number of aromatic nitrogens is 1. The van der Waals surface area contributed by atoms with Crippen LogP contribution in [0.4, 0.5) is 8.78 Å². The molecule has 1 heterocycles. The normalized spacial score (nSPS) is 13.3. The van der Waals surface area contributed by atoms with Crippen LogP contribution in [0.1, 0.15) is 39.4 Å². The van der Waals surface area contributed by atoms with Crippen LogP contribution >= 0.6 is 0 Å². The van der Waals surface area contributed by atoms with Crippen LogP contribution in [0.5, 0.6) is 0 Å². The number of amides is 2. The first kappa shape index (κ1) is 18.8. The lowest BCUT2D eigenvalue weighted by molar-refractivity contribution is 0.0746. The van der Waals surface area contributed by atoms with E-state index < -0.39 is 17.5 Å². The standard InChI is InChI=1S/C19H19F2N3O3/c1-2-5-24(19(26)13-6-14(20)8-15(21)7-13)11-16-9-17(23-27-16)18(25)22-10-12-3-4-12/h2,6-9,12H,1,3-5,10-11H2,(H,22,25). The van der Waals surface area contributed by atoms with Gasteiger partial charge in [0.05, 0.1) is 6.54 Å². The fraction of sp³-hybridized carbons (Fsp3) is 0.316. The van der Waals surface area contributed by atoms with Gasteiger partial charge in [0.2, 0.25) is 0 Å². The molecule has 0 radical (unpaired) electrons. The minimum atomic E-state index is -0.841. The average molecular weight is 375 g/mol. The molecule has 0 saturated heterocycles. The minimum absolute atomic E-state index is 0.0219. The molecule has 1 N–H and O–H groups in total. The van der Waals surface area contributed by atoms with Crippen LogP contribution in [0.25, 0.3) is 0 Å². The maximum Gasteiger partial charge on any atom is 0.273 e. The third kappa shape index (κ3) is 4.99. The maximum atomic E-state index is 13.4. The molecule has 142 valence electrons. The Morgan fingerprint density at radius 1 is 1.26 bits per heavy atom. The molecule has 0 atom stereocenters. The molecular weight excluding hydrogens is 356 g/mol.